The van der Waals surface area contributed by atoms with Crippen molar-refractivity contribution in [3.05, 3.63) is 0 Å². The minimum Gasteiger partial charge on any atom is -0.359 e. The van der Waals surface area contributed by atoms with Gasteiger partial charge in [0.1, 0.15) is 0 Å². The van der Waals surface area contributed by atoms with Crippen LogP contribution in [0.4, 0.5) is 0 Å². The Bertz CT molecular complexity index is 195. The van der Waals surface area contributed by atoms with E-state index in [1.165, 1.54) is 0 Å². The average Bonchev–Trinajstić information content (AvgIpc) is 2.24. The maximum Gasteiger partial charge on any atom is 0.220 e. The Balaban J connectivity index is 3.27. The molecule has 0 aliphatic rings. The first-order valence-electron chi connectivity index (χ1n) is 5.32. The number of hydrogen-bond donors (Lipinski definition) is 3. The molecule has 0 aromatic rings. The molecule has 0 unspecified atom stereocenters. The maximum atomic E-state index is 11.2. The summed E-state index contributed by atoms with van der Waals surface area (Å²) in [7, 11) is 3.47. The molecule has 0 bridgehead atoms. The van der Waals surface area contributed by atoms with Crippen molar-refractivity contribution in [1.29, 1.82) is 0 Å². The molecule has 0 aromatic heterocycles. The zero-order valence-electron chi connectivity index (χ0n) is 9.56. The largest absolute Gasteiger partial charge is 0.359 e. The van der Waals surface area contributed by atoms with Crippen molar-refractivity contribution in [3.8, 4) is 0 Å². The van der Waals surface area contributed by atoms with Crippen LogP contribution in [0.3, 0.4) is 0 Å². The molecule has 0 atom stereocenters. The normalized spacial score (nSPS) is 9.73. The zero-order chi connectivity index (χ0) is 11.5. The smallest absolute Gasteiger partial charge is 0.220 e. The summed E-state index contributed by atoms with van der Waals surface area (Å²) in [5, 5.41) is 8.29. The van der Waals surface area contributed by atoms with Gasteiger partial charge in [0.2, 0.25) is 11.8 Å². The van der Waals surface area contributed by atoms with Gasteiger partial charge in [-0.3, -0.25) is 9.59 Å². The van der Waals surface area contributed by atoms with Crippen LogP contribution in [-0.4, -0.2) is 39.0 Å². The van der Waals surface area contributed by atoms with Crippen LogP contribution in [0.1, 0.15) is 25.7 Å². The van der Waals surface area contributed by atoms with Gasteiger partial charge in [0, 0.05) is 26.4 Å². The fraction of sp³-hybridized carbons (Fsp3) is 0.800. The lowest BCUT2D eigenvalue weighted by molar-refractivity contribution is -0.122. The Kier molecular flexibility index (Phi) is 8.76. The van der Waals surface area contributed by atoms with Crippen molar-refractivity contribution < 1.29 is 9.59 Å². The number of nitrogens with one attached hydrogen (secondary N) is 3. The van der Waals surface area contributed by atoms with Crippen LogP contribution < -0.4 is 16.0 Å². The highest BCUT2D eigenvalue weighted by Crippen LogP contribution is 1.89. The van der Waals surface area contributed by atoms with Gasteiger partial charge in [0.25, 0.3) is 0 Å². The molecular formula is C10H21N3O2. The molecule has 88 valence electrons. The SMILES string of the molecule is CNCCCC(=O)NCCCC(=O)NC. The Morgan fingerprint density at radius 3 is 2.13 bits per heavy atom. The highest BCUT2D eigenvalue weighted by Gasteiger charge is 2.01. The molecule has 0 aliphatic carbocycles. The van der Waals surface area contributed by atoms with Crippen LogP contribution in [-0.2, 0) is 9.59 Å². The lowest BCUT2D eigenvalue weighted by atomic mass is 10.2. The molecule has 5 nitrogen and oxygen atoms in total. The van der Waals surface area contributed by atoms with E-state index in [1.54, 1.807) is 7.05 Å². The van der Waals surface area contributed by atoms with Crippen molar-refractivity contribution in [3.63, 3.8) is 0 Å². The van der Waals surface area contributed by atoms with E-state index in [0.717, 1.165) is 13.0 Å². The predicted octanol–water partition coefficient (Wildman–Crippen LogP) is -0.372. The monoisotopic (exact) mass is 215 g/mol. The van der Waals surface area contributed by atoms with Gasteiger partial charge < -0.3 is 16.0 Å². The number of amides is 2. The van der Waals surface area contributed by atoms with Crippen molar-refractivity contribution in [1.82, 2.24) is 16.0 Å². The van der Waals surface area contributed by atoms with Crippen molar-refractivity contribution in [2.75, 3.05) is 27.2 Å². The Morgan fingerprint density at radius 2 is 1.53 bits per heavy atom. The van der Waals surface area contributed by atoms with Crippen LogP contribution in [0.2, 0.25) is 0 Å². The Hall–Kier alpha value is -1.10. The lowest BCUT2D eigenvalue weighted by Crippen LogP contribution is -2.26. The highest BCUT2D eigenvalue weighted by molar-refractivity contribution is 5.76. The van der Waals surface area contributed by atoms with E-state index in [4.69, 9.17) is 0 Å². The van der Waals surface area contributed by atoms with Crippen LogP contribution in [0, 0.1) is 0 Å². The number of hydrogen-bond acceptors (Lipinski definition) is 3. The van der Waals surface area contributed by atoms with Gasteiger partial charge in [-0.1, -0.05) is 0 Å². The third-order valence-corrected chi connectivity index (χ3v) is 2.01. The Morgan fingerprint density at radius 1 is 0.933 bits per heavy atom. The summed E-state index contributed by atoms with van der Waals surface area (Å²) in [5.74, 6) is 0.0709. The van der Waals surface area contributed by atoms with Gasteiger partial charge in [-0.25, -0.2) is 0 Å². The standard InChI is InChI=1S/C10H21N3O2/c1-11-7-3-6-10(15)13-8-4-5-9(14)12-2/h11H,3-8H2,1-2H3,(H,12,14)(H,13,15). The minimum atomic E-state index is 0.0134. The summed E-state index contributed by atoms with van der Waals surface area (Å²) in [5.41, 5.74) is 0. The van der Waals surface area contributed by atoms with Crippen molar-refractivity contribution in [2.45, 2.75) is 25.7 Å². The fourth-order valence-corrected chi connectivity index (χ4v) is 1.12. The van der Waals surface area contributed by atoms with Crippen molar-refractivity contribution in [2.24, 2.45) is 0 Å². The molecule has 0 radical (unpaired) electrons. The summed E-state index contributed by atoms with van der Waals surface area (Å²) >= 11 is 0. The van der Waals surface area contributed by atoms with Crippen molar-refractivity contribution >= 4 is 11.8 Å². The molecule has 15 heavy (non-hydrogen) atoms. The van der Waals surface area contributed by atoms with Gasteiger partial charge in [-0.05, 0) is 26.4 Å². The van der Waals surface area contributed by atoms with Gasteiger partial charge >= 0.3 is 0 Å². The number of carbonyl (C=O) groups excluding carboxylic acids is 2. The van der Waals surface area contributed by atoms with E-state index >= 15 is 0 Å². The third-order valence-electron chi connectivity index (χ3n) is 2.01. The van der Waals surface area contributed by atoms with E-state index in [9.17, 15) is 9.59 Å². The van der Waals surface area contributed by atoms with E-state index in [1.807, 2.05) is 7.05 Å². The number of rotatable bonds is 8. The molecule has 0 rings (SSSR count). The van der Waals surface area contributed by atoms with Crippen LogP contribution in [0.25, 0.3) is 0 Å². The van der Waals surface area contributed by atoms with Gasteiger partial charge in [-0.2, -0.15) is 0 Å². The van der Waals surface area contributed by atoms with E-state index in [-0.39, 0.29) is 11.8 Å². The molecule has 0 fully saturated rings. The maximum absolute atomic E-state index is 11.2. The molecule has 0 saturated carbocycles. The molecule has 3 N–H and O–H groups in total. The first kappa shape index (κ1) is 13.9. The third kappa shape index (κ3) is 9.21. The summed E-state index contributed by atoms with van der Waals surface area (Å²) in [6.07, 6.45) is 2.54. The van der Waals surface area contributed by atoms with Crippen LogP contribution >= 0.6 is 0 Å². The number of carbonyl (C=O) groups is 2. The van der Waals surface area contributed by atoms with Gasteiger partial charge in [0.15, 0.2) is 0 Å². The molecule has 2 amide bonds. The summed E-state index contributed by atoms with van der Waals surface area (Å²) in [4.78, 5) is 22.0. The second-order valence-electron chi connectivity index (χ2n) is 3.33. The van der Waals surface area contributed by atoms with E-state index in [0.29, 0.717) is 25.8 Å². The predicted molar refractivity (Wildman–Crippen MR) is 59.5 cm³/mol. The first-order valence-corrected chi connectivity index (χ1v) is 5.32. The first-order chi connectivity index (χ1) is 7.20. The molecule has 0 aliphatic heterocycles. The fourth-order valence-electron chi connectivity index (χ4n) is 1.12. The summed E-state index contributed by atoms with van der Waals surface area (Å²) < 4.78 is 0. The molecular weight excluding hydrogens is 194 g/mol. The Labute approximate surface area is 91.0 Å². The molecule has 0 heterocycles. The lowest BCUT2D eigenvalue weighted by Gasteiger charge is -2.04. The highest BCUT2D eigenvalue weighted by atomic mass is 16.2. The molecule has 0 spiro atoms. The zero-order valence-corrected chi connectivity index (χ0v) is 9.56. The molecule has 0 saturated heterocycles. The van der Waals surface area contributed by atoms with Gasteiger partial charge in [0.05, 0.1) is 0 Å². The van der Waals surface area contributed by atoms with E-state index in [2.05, 4.69) is 16.0 Å². The average molecular weight is 215 g/mol. The van der Waals surface area contributed by atoms with E-state index < -0.39 is 0 Å². The second-order valence-corrected chi connectivity index (χ2v) is 3.33. The molecule has 0 aromatic carbocycles. The minimum absolute atomic E-state index is 0.0134. The van der Waals surface area contributed by atoms with Crippen LogP contribution in [0.15, 0.2) is 0 Å². The summed E-state index contributed by atoms with van der Waals surface area (Å²) in [6.45, 7) is 1.43. The quantitative estimate of drug-likeness (QED) is 0.484. The van der Waals surface area contributed by atoms with Gasteiger partial charge in [-0.15, -0.1) is 0 Å². The van der Waals surface area contributed by atoms with Crippen LogP contribution in [0.5, 0.6) is 0 Å². The second kappa shape index (κ2) is 9.45. The summed E-state index contributed by atoms with van der Waals surface area (Å²) in [6, 6.07) is 0. The molecule has 5 heteroatoms. The topological polar surface area (TPSA) is 70.2 Å².